The Kier molecular flexibility index (Phi) is 4.97. The predicted molar refractivity (Wildman–Crippen MR) is 90.5 cm³/mol. The van der Waals surface area contributed by atoms with Gasteiger partial charge in [0.05, 0.1) is 24.6 Å². The lowest BCUT2D eigenvalue weighted by Crippen LogP contribution is -2.08. The molecule has 9 heteroatoms. The Morgan fingerprint density at radius 2 is 1.77 bits per heavy atom. The van der Waals surface area contributed by atoms with E-state index in [1.807, 2.05) is 0 Å². The highest BCUT2D eigenvalue weighted by Crippen LogP contribution is 2.23. The van der Waals surface area contributed by atoms with Crippen molar-refractivity contribution in [2.45, 2.75) is 0 Å². The molecule has 2 aromatic carbocycles. The molecule has 26 heavy (non-hydrogen) atoms. The van der Waals surface area contributed by atoms with Crippen LogP contribution in [0.3, 0.4) is 0 Å². The van der Waals surface area contributed by atoms with Crippen LogP contribution in [0.1, 0.15) is 10.4 Å². The van der Waals surface area contributed by atoms with Crippen LogP contribution in [0.2, 0.25) is 0 Å². The minimum atomic E-state index is -0.769. The molecule has 0 fully saturated rings. The van der Waals surface area contributed by atoms with Crippen molar-refractivity contribution in [1.82, 2.24) is 15.2 Å². The molecular formula is C17H13F2N5O2. The monoisotopic (exact) mass is 357 g/mol. The first kappa shape index (κ1) is 17.2. The average molecular weight is 357 g/mol. The van der Waals surface area contributed by atoms with Crippen molar-refractivity contribution in [1.29, 1.82) is 0 Å². The molecule has 0 saturated heterocycles. The molecule has 0 aliphatic carbocycles. The zero-order valence-electron chi connectivity index (χ0n) is 13.5. The van der Waals surface area contributed by atoms with Crippen LogP contribution in [0, 0.1) is 11.6 Å². The van der Waals surface area contributed by atoms with Crippen LogP contribution < -0.4 is 10.6 Å². The van der Waals surface area contributed by atoms with Gasteiger partial charge in [-0.15, -0.1) is 5.10 Å². The number of hydrogen-bond acceptors (Lipinski definition) is 7. The number of esters is 1. The van der Waals surface area contributed by atoms with Crippen molar-refractivity contribution >= 4 is 29.1 Å². The number of methoxy groups -OCH3 is 1. The van der Waals surface area contributed by atoms with Crippen LogP contribution in [-0.4, -0.2) is 28.3 Å². The summed E-state index contributed by atoms with van der Waals surface area (Å²) < 4.78 is 32.2. The lowest BCUT2D eigenvalue weighted by molar-refractivity contribution is 0.0602. The fourth-order valence-corrected chi connectivity index (χ4v) is 2.16. The lowest BCUT2D eigenvalue weighted by Gasteiger charge is -2.11. The maximum Gasteiger partial charge on any atom is 0.339 e. The van der Waals surface area contributed by atoms with Gasteiger partial charge in [-0.3, -0.25) is 0 Å². The first-order valence-corrected chi connectivity index (χ1v) is 7.43. The lowest BCUT2D eigenvalue weighted by atomic mass is 10.2. The Balaban J connectivity index is 1.86. The van der Waals surface area contributed by atoms with Crippen LogP contribution in [0.5, 0.6) is 0 Å². The van der Waals surface area contributed by atoms with Crippen LogP contribution in [0.15, 0.2) is 48.7 Å². The molecule has 132 valence electrons. The Morgan fingerprint density at radius 1 is 1.04 bits per heavy atom. The highest BCUT2D eigenvalue weighted by molar-refractivity contribution is 5.96. The van der Waals surface area contributed by atoms with E-state index in [0.29, 0.717) is 5.69 Å². The molecule has 0 aliphatic heterocycles. The summed E-state index contributed by atoms with van der Waals surface area (Å²) in [5, 5.41) is 12.9. The molecule has 0 amide bonds. The summed E-state index contributed by atoms with van der Waals surface area (Å²) in [7, 11) is 1.27. The number of para-hydroxylation sites is 2. The molecule has 0 aliphatic rings. The fourth-order valence-electron chi connectivity index (χ4n) is 2.16. The van der Waals surface area contributed by atoms with Gasteiger partial charge in [0.15, 0.2) is 5.82 Å². The van der Waals surface area contributed by atoms with E-state index in [-0.39, 0.29) is 23.0 Å². The number of carbonyl (C=O) groups excluding carboxylic acids is 1. The van der Waals surface area contributed by atoms with Gasteiger partial charge in [0.25, 0.3) is 0 Å². The van der Waals surface area contributed by atoms with E-state index >= 15 is 0 Å². The summed E-state index contributed by atoms with van der Waals surface area (Å²) in [5.74, 6) is -1.97. The highest BCUT2D eigenvalue weighted by atomic mass is 19.1. The van der Waals surface area contributed by atoms with Gasteiger partial charge >= 0.3 is 5.97 Å². The SMILES string of the molecule is COC(=O)c1ccccc1Nc1nncc(Nc2c(F)cccc2F)n1. The molecule has 0 spiro atoms. The second-order valence-corrected chi connectivity index (χ2v) is 5.05. The molecule has 1 aromatic heterocycles. The van der Waals surface area contributed by atoms with Crippen LogP contribution in [-0.2, 0) is 4.74 Å². The molecule has 7 nitrogen and oxygen atoms in total. The molecule has 0 radical (unpaired) electrons. The van der Waals surface area contributed by atoms with E-state index in [9.17, 15) is 13.6 Å². The van der Waals surface area contributed by atoms with Crippen molar-refractivity contribution in [3.8, 4) is 0 Å². The summed E-state index contributed by atoms with van der Waals surface area (Å²) in [6.07, 6.45) is 1.21. The summed E-state index contributed by atoms with van der Waals surface area (Å²) in [5.41, 5.74) is 0.321. The van der Waals surface area contributed by atoms with E-state index in [0.717, 1.165) is 12.1 Å². The van der Waals surface area contributed by atoms with Gasteiger partial charge in [0, 0.05) is 0 Å². The number of aromatic nitrogens is 3. The summed E-state index contributed by atoms with van der Waals surface area (Å²) >= 11 is 0. The number of nitrogens with zero attached hydrogens (tertiary/aromatic N) is 3. The van der Waals surface area contributed by atoms with Crippen molar-refractivity contribution < 1.29 is 18.3 Å². The zero-order chi connectivity index (χ0) is 18.5. The number of benzene rings is 2. The van der Waals surface area contributed by atoms with Gasteiger partial charge in [-0.25, -0.2) is 13.6 Å². The molecular weight excluding hydrogens is 344 g/mol. The molecule has 3 rings (SSSR count). The van der Waals surface area contributed by atoms with Gasteiger partial charge in [-0.1, -0.05) is 18.2 Å². The van der Waals surface area contributed by atoms with Gasteiger partial charge in [0.1, 0.15) is 17.3 Å². The van der Waals surface area contributed by atoms with E-state index in [1.165, 1.54) is 19.4 Å². The third kappa shape index (κ3) is 3.72. The molecule has 0 saturated carbocycles. The number of hydrogen-bond donors (Lipinski definition) is 2. The van der Waals surface area contributed by atoms with Crippen LogP contribution >= 0.6 is 0 Å². The molecule has 0 bridgehead atoms. The van der Waals surface area contributed by atoms with E-state index in [2.05, 4.69) is 25.8 Å². The van der Waals surface area contributed by atoms with E-state index < -0.39 is 17.6 Å². The first-order valence-electron chi connectivity index (χ1n) is 7.43. The first-order chi connectivity index (χ1) is 12.6. The zero-order valence-corrected chi connectivity index (χ0v) is 13.5. The molecule has 0 unspecified atom stereocenters. The molecule has 1 heterocycles. The number of halogens is 2. The largest absolute Gasteiger partial charge is 0.465 e. The minimum absolute atomic E-state index is 0.0306. The standard InChI is InChI=1S/C17H13F2N5O2/c1-26-16(25)10-5-2-3-8-13(10)21-17-23-14(9-20-24-17)22-15-11(18)6-4-7-12(15)19/h2-9H,1H3,(H2,21,22,23,24). The van der Waals surface area contributed by atoms with E-state index in [4.69, 9.17) is 4.74 Å². The van der Waals surface area contributed by atoms with Gasteiger partial charge < -0.3 is 15.4 Å². The number of ether oxygens (including phenoxy) is 1. The Morgan fingerprint density at radius 3 is 2.50 bits per heavy atom. The second kappa shape index (κ2) is 7.51. The predicted octanol–water partition coefficient (Wildman–Crippen LogP) is 3.42. The summed E-state index contributed by atoms with van der Waals surface area (Å²) in [6, 6.07) is 10.1. The van der Waals surface area contributed by atoms with E-state index in [1.54, 1.807) is 24.3 Å². The number of carbonyl (C=O) groups is 1. The smallest absolute Gasteiger partial charge is 0.339 e. The quantitative estimate of drug-likeness (QED) is 0.676. The third-order valence-electron chi connectivity index (χ3n) is 3.35. The van der Waals surface area contributed by atoms with Gasteiger partial charge in [-0.2, -0.15) is 10.1 Å². The minimum Gasteiger partial charge on any atom is -0.465 e. The van der Waals surface area contributed by atoms with Crippen molar-refractivity contribution in [3.63, 3.8) is 0 Å². The van der Waals surface area contributed by atoms with Crippen LogP contribution in [0.25, 0.3) is 0 Å². The maximum atomic E-state index is 13.7. The molecule has 2 N–H and O–H groups in total. The topological polar surface area (TPSA) is 89.0 Å². The van der Waals surface area contributed by atoms with Crippen molar-refractivity contribution in [2.24, 2.45) is 0 Å². The average Bonchev–Trinajstić information content (AvgIpc) is 2.65. The normalized spacial score (nSPS) is 10.3. The fraction of sp³-hybridized carbons (Fsp3) is 0.0588. The van der Waals surface area contributed by atoms with Crippen LogP contribution in [0.4, 0.5) is 31.9 Å². The maximum absolute atomic E-state index is 13.7. The van der Waals surface area contributed by atoms with Gasteiger partial charge in [0.2, 0.25) is 5.95 Å². The highest BCUT2D eigenvalue weighted by Gasteiger charge is 2.13. The Bertz CT molecular complexity index is 932. The number of nitrogens with one attached hydrogen (secondary N) is 2. The second-order valence-electron chi connectivity index (χ2n) is 5.05. The Hall–Kier alpha value is -3.62. The summed E-state index contributed by atoms with van der Waals surface area (Å²) in [6.45, 7) is 0. The number of anilines is 4. The van der Waals surface area contributed by atoms with Crippen molar-refractivity contribution in [3.05, 3.63) is 65.9 Å². The third-order valence-corrected chi connectivity index (χ3v) is 3.35. The Labute approximate surface area is 147 Å². The van der Waals surface area contributed by atoms with Gasteiger partial charge in [-0.05, 0) is 24.3 Å². The number of rotatable bonds is 5. The molecule has 0 atom stereocenters. The van der Waals surface area contributed by atoms with Crippen molar-refractivity contribution in [2.75, 3.05) is 17.7 Å². The molecule has 3 aromatic rings. The summed E-state index contributed by atoms with van der Waals surface area (Å²) in [4.78, 5) is 15.9.